The van der Waals surface area contributed by atoms with Gasteiger partial charge in [0.15, 0.2) is 11.5 Å². The number of ether oxygens (including phenoxy) is 2. The number of aryl methyl sites for hydroxylation is 2. The van der Waals surface area contributed by atoms with E-state index in [4.69, 9.17) is 9.47 Å². The van der Waals surface area contributed by atoms with Gasteiger partial charge in [-0.2, -0.15) is 5.10 Å². The minimum atomic E-state index is 0.0429. The van der Waals surface area contributed by atoms with Crippen molar-refractivity contribution in [2.24, 2.45) is 5.92 Å². The highest BCUT2D eigenvalue weighted by Crippen LogP contribution is 2.35. The van der Waals surface area contributed by atoms with Crippen molar-refractivity contribution in [1.82, 2.24) is 15.1 Å². The number of nitrogens with one attached hydrogen (secondary N) is 1. The first kappa shape index (κ1) is 16.4. The lowest BCUT2D eigenvalue weighted by atomic mass is 9.96. The first-order valence-electron chi connectivity index (χ1n) is 8.21. The summed E-state index contributed by atoms with van der Waals surface area (Å²) in [5.41, 5.74) is 2.20. The zero-order valence-corrected chi connectivity index (χ0v) is 14.1. The van der Waals surface area contributed by atoms with Crippen LogP contribution in [0.1, 0.15) is 17.7 Å². The molecule has 1 amide bonds. The fourth-order valence-electron chi connectivity index (χ4n) is 2.94. The van der Waals surface area contributed by atoms with Gasteiger partial charge in [-0.1, -0.05) is 12.1 Å². The normalized spacial score (nSPS) is 16.2. The number of benzene rings is 1. The molecule has 1 aliphatic heterocycles. The van der Waals surface area contributed by atoms with Crippen LogP contribution in [0.5, 0.6) is 11.5 Å². The molecular weight excluding hydrogens is 306 g/mol. The lowest BCUT2D eigenvalue weighted by Crippen LogP contribution is -2.35. The standard InChI is InChI=1S/C18H23N3O3/c1-13-6-8-20-21(13)9-7-17(22)19-11-14-10-15-4-3-5-16(23-2)18(15)24-12-14/h3-6,8,14H,7,9-12H2,1-2H3,(H,19,22)/t14-/m1/s1. The van der Waals surface area contributed by atoms with E-state index in [2.05, 4.69) is 10.4 Å². The first-order valence-corrected chi connectivity index (χ1v) is 8.21. The largest absolute Gasteiger partial charge is 0.493 e. The van der Waals surface area contributed by atoms with E-state index in [0.29, 0.717) is 26.1 Å². The summed E-state index contributed by atoms with van der Waals surface area (Å²) in [7, 11) is 1.65. The second-order valence-corrected chi connectivity index (χ2v) is 6.08. The van der Waals surface area contributed by atoms with Gasteiger partial charge in [-0.25, -0.2) is 0 Å². The van der Waals surface area contributed by atoms with Crippen LogP contribution >= 0.6 is 0 Å². The Bertz CT molecular complexity index is 711. The highest BCUT2D eigenvalue weighted by atomic mass is 16.5. The van der Waals surface area contributed by atoms with Crippen LogP contribution in [-0.4, -0.2) is 35.9 Å². The van der Waals surface area contributed by atoms with Crippen molar-refractivity contribution in [1.29, 1.82) is 0 Å². The second-order valence-electron chi connectivity index (χ2n) is 6.08. The van der Waals surface area contributed by atoms with Gasteiger partial charge in [0, 0.05) is 37.3 Å². The van der Waals surface area contributed by atoms with Gasteiger partial charge in [-0.15, -0.1) is 0 Å². The van der Waals surface area contributed by atoms with E-state index >= 15 is 0 Å². The molecule has 0 spiro atoms. The molecule has 0 unspecified atom stereocenters. The number of hydrogen-bond acceptors (Lipinski definition) is 4. The molecule has 1 atom stereocenters. The summed E-state index contributed by atoms with van der Waals surface area (Å²) in [4.78, 5) is 12.0. The Morgan fingerprint density at radius 3 is 3.08 bits per heavy atom. The molecule has 2 heterocycles. The van der Waals surface area contributed by atoms with E-state index in [-0.39, 0.29) is 11.8 Å². The molecule has 2 aromatic rings. The van der Waals surface area contributed by atoms with Gasteiger partial charge in [0.25, 0.3) is 0 Å². The van der Waals surface area contributed by atoms with Crippen molar-refractivity contribution in [2.75, 3.05) is 20.3 Å². The Kier molecular flexibility index (Phi) is 5.03. The molecule has 1 aromatic carbocycles. The number of carbonyl (C=O) groups is 1. The molecule has 6 heteroatoms. The van der Waals surface area contributed by atoms with Crippen LogP contribution in [0.3, 0.4) is 0 Å². The molecule has 0 saturated carbocycles. The molecule has 1 N–H and O–H groups in total. The maximum atomic E-state index is 12.0. The topological polar surface area (TPSA) is 65.4 Å². The lowest BCUT2D eigenvalue weighted by Gasteiger charge is -2.26. The number of aromatic nitrogens is 2. The average Bonchev–Trinajstić information content (AvgIpc) is 3.02. The Labute approximate surface area is 141 Å². The minimum absolute atomic E-state index is 0.0429. The molecule has 0 radical (unpaired) electrons. The summed E-state index contributed by atoms with van der Waals surface area (Å²) < 4.78 is 13.0. The first-order chi connectivity index (χ1) is 11.7. The molecule has 0 aliphatic carbocycles. The van der Waals surface area contributed by atoms with E-state index in [1.54, 1.807) is 13.3 Å². The number of carbonyl (C=O) groups excluding carboxylic acids is 1. The number of hydrogen-bond donors (Lipinski definition) is 1. The summed E-state index contributed by atoms with van der Waals surface area (Å²) in [6.07, 6.45) is 3.06. The molecule has 1 aliphatic rings. The highest BCUT2D eigenvalue weighted by molar-refractivity contribution is 5.75. The Balaban J connectivity index is 1.47. The molecule has 0 bridgehead atoms. The second kappa shape index (κ2) is 7.38. The van der Waals surface area contributed by atoms with E-state index < -0.39 is 0 Å². The van der Waals surface area contributed by atoms with Gasteiger partial charge in [0.1, 0.15) is 0 Å². The molecular formula is C18H23N3O3. The van der Waals surface area contributed by atoms with Crippen LogP contribution in [0, 0.1) is 12.8 Å². The van der Waals surface area contributed by atoms with Crippen molar-refractivity contribution >= 4 is 5.91 Å². The molecule has 0 fully saturated rings. The molecule has 24 heavy (non-hydrogen) atoms. The van der Waals surface area contributed by atoms with Gasteiger partial charge < -0.3 is 14.8 Å². The van der Waals surface area contributed by atoms with Gasteiger partial charge in [-0.3, -0.25) is 9.48 Å². The lowest BCUT2D eigenvalue weighted by molar-refractivity contribution is -0.121. The van der Waals surface area contributed by atoms with E-state index in [1.807, 2.05) is 35.9 Å². The van der Waals surface area contributed by atoms with E-state index in [9.17, 15) is 4.79 Å². The summed E-state index contributed by atoms with van der Waals surface area (Å²) in [5.74, 6) is 1.92. The van der Waals surface area contributed by atoms with Crippen LogP contribution in [0.4, 0.5) is 0 Å². The molecule has 6 nitrogen and oxygen atoms in total. The minimum Gasteiger partial charge on any atom is -0.493 e. The highest BCUT2D eigenvalue weighted by Gasteiger charge is 2.22. The van der Waals surface area contributed by atoms with Gasteiger partial charge in [0.2, 0.25) is 5.91 Å². The van der Waals surface area contributed by atoms with Crippen LogP contribution in [-0.2, 0) is 17.8 Å². The van der Waals surface area contributed by atoms with Gasteiger partial charge >= 0.3 is 0 Å². The fraction of sp³-hybridized carbons (Fsp3) is 0.444. The number of amides is 1. The number of para-hydroxylation sites is 1. The van der Waals surface area contributed by atoms with E-state index in [1.165, 1.54) is 0 Å². The Morgan fingerprint density at radius 1 is 1.46 bits per heavy atom. The Hall–Kier alpha value is -2.50. The number of methoxy groups -OCH3 is 1. The summed E-state index contributed by atoms with van der Waals surface area (Å²) in [6, 6.07) is 7.85. The fourth-order valence-corrected chi connectivity index (χ4v) is 2.94. The predicted octanol–water partition coefficient (Wildman–Crippen LogP) is 1.96. The summed E-state index contributed by atoms with van der Waals surface area (Å²) in [6.45, 7) is 3.79. The molecule has 1 aromatic heterocycles. The summed E-state index contributed by atoms with van der Waals surface area (Å²) in [5, 5.41) is 7.19. The maximum absolute atomic E-state index is 12.0. The monoisotopic (exact) mass is 329 g/mol. The van der Waals surface area contributed by atoms with Gasteiger partial charge in [0.05, 0.1) is 13.7 Å². The van der Waals surface area contributed by atoms with Crippen molar-refractivity contribution in [3.05, 3.63) is 41.7 Å². The molecule has 0 saturated heterocycles. The third-order valence-corrected chi connectivity index (χ3v) is 4.32. The third-order valence-electron chi connectivity index (χ3n) is 4.32. The Morgan fingerprint density at radius 2 is 2.33 bits per heavy atom. The van der Waals surface area contributed by atoms with Crippen molar-refractivity contribution < 1.29 is 14.3 Å². The van der Waals surface area contributed by atoms with Crippen LogP contribution in [0.25, 0.3) is 0 Å². The van der Waals surface area contributed by atoms with Crippen molar-refractivity contribution in [3.8, 4) is 11.5 Å². The van der Waals surface area contributed by atoms with Crippen LogP contribution < -0.4 is 14.8 Å². The number of nitrogens with zero attached hydrogens (tertiary/aromatic N) is 2. The SMILES string of the molecule is COc1cccc2c1OC[C@@H](CNC(=O)CCn1nccc1C)C2. The van der Waals surface area contributed by atoms with Crippen molar-refractivity contribution in [2.45, 2.75) is 26.3 Å². The van der Waals surface area contributed by atoms with Crippen molar-refractivity contribution in [3.63, 3.8) is 0 Å². The maximum Gasteiger partial charge on any atom is 0.221 e. The molecule has 128 valence electrons. The van der Waals surface area contributed by atoms with Crippen LogP contribution in [0.2, 0.25) is 0 Å². The third kappa shape index (κ3) is 3.69. The van der Waals surface area contributed by atoms with E-state index in [0.717, 1.165) is 29.2 Å². The zero-order valence-electron chi connectivity index (χ0n) is 14.1. The number of rotatable bonds is 6. The van der Waals surface area contributed by atoms with Crippen LogP contribution in [0.15, 0.2) is 30.5 Å². The van der Waals surface area contributed by atoms with Gasteiger partial charge in [-0.05, 0) is 31.0 Å². The number of fused-ring (bicyclic) bond motifs is 1. The zero-order chi connectivity index (χ0) is 16.9. The molecule has 3 rings (SSSR count). The average molecular weight is 329 g/mol. The quantitative estimate of drug-likeness (QED) is 0.880. The predicted molar refractivity (Wildman–Crippen MR) is 90.3 cm³/mol. The smallest absolute Gasteiger partial charge is 0.221 e. The summed E-state index contributed by atoms with van der Waals surface area (Å²) >= 11 is 0.